The summed E-state index contributed by atoms with van der Waals surface area (Å²) in [6.45, 7) is 3.38. The lowest BCUT2D eigenvalue weighted by Crippen LogP contribution is -2.44. The number of carbonyl (C=O) groups excluding carboxylic acids is 3. The van der Waals surface area contributed by atoms with Crippen molar-refractivity contribution in [3.8, 4) is 0 Å². The molecule has 10 heteroatoms. The number of esters is 3. The molecule has 2 rings (SSSR count). The van der Waals surface area contributed by atoms with E-state index in [0.717, 1.165) is 30.2 Å². The van der Waals surface area contributed by atoms with Crippen LogP contribution in [0.15, 0.2) is 24.3 Å². The molecule has 7 nitrogen and oxygen atoms in total. The van der Waals surface area contributed by atoms with Gasteiger partial charge in [-0.25, -0.2) is 14.4 Å². The second kappa shape index (κ2) is 8.71. The molecule has 0 bridgehead atoms. The van der Waals surface area contributed by atoms with Crippen molar-refractivity contribution in [1.82, 2.24) is 0 Å². The van der Waals surface area contributed by atoms with Crippen molar-refractivity contribution in [3.63, 3.8) is 0 Å². The van der Waals surface area contributed by atoms with Gasteiger partial charge in [-0.05, 0) is 31.0 Å². The number of nitrogens with zero attached hydrogens (tertiary/aromatic N) is 1. The van der Waals surface area contributed by atoms with Crippen molar-refractivity contribution in [2.24, 2.45) is 0 Å². The Hall–Kier alpha value is -2.78. The molecule has 0 saturated carbocycles. The summed E-state index contributed by atoms with van der Waals surface area (Å²) in [7, 11) is 1.05. The third-order valence-electron chi connectivity index (χ3n) is 4.34. The van der Waals surface area contributed by atoms with Crippen molar-refractivity contribution >= 4 is 23.6 Å². The Labute approximate surface area is 165 Å². The Morgan fingerprint density at radius 3 is 2.07 bits per heavy atom. The predicted molar refractivity (Wildman–Crippen MR) is 95.0 cm³/mol. The zero-order valence-corrected chi connectivity index (χ0v) is 16.2. The van der Waals surface area contributed by atoms with Gasteiger partial charge in [-0.2, -0.15) is 13.2 Å². The maximum Gasteiger partial charge on any atom is 0.416 e. The summed E-state index contributed by atoms with van der Waals surface area (Å²) in [4.78, 5) is 38.8. The zero-order valence-electron chi connectivity index (χ0n) is 16.2. The molecule has 0 spiro atoms. The molecule has 1 unspecified atom stereocenters. The first kappa shape index (κ1) is 22.5. The monoisotopic (exact) mass is 417 g/mol. The summed E-state index contributed by atoms with van der Waals surface area (Å²) in [6, 6.07) is 2.46. The van der Waals surface area contributed by atoms with E-state index in [9.17, 15) is 27.6 Å². The summed E-state index contributed by atoms with van der Waals surface area (Å²) in [5.41, 5.74) is -3.39. The first-order chi connectivity index (χ1) is 13.7. The third kappa shape index (κ3) is 4.15. The van der Waals surface area contributed by atoms with E-state index in [2.05, 4.69) is 4.74 Å². The Balaban J connectivity index is 2.55. The molecule has 1 aromatic rings. The second-order valence-corrected chi connectivity index (χ2v) is 6.38. The van der Waals surface area contributed by atoms with Crippen LogP contribution in [0.1, 0.15) is 32.3 Å². The number of hydrogen-bond acceptors (Lipinski definition) is 7. The van der Waals surface area contributed by atoms with Gasteiger partial charge in [0, 0.05) is 5.69 Å². The number of methoxy groups -OCH3 is 1. The van der Waals surface area contributed by atoms with Crippen LogP contribution in [0.3, 0.4) is 0 Å². The van der Waals surface area contributed by atoms with E-state index in [-0.39, 0.29) is 18.9 Å². The minimum Gasteiger partial charge on any atom is -0.467 e. The molecule has 1 aliphatic rings. The van der Waals surface area contributed by atoms with Gasteiger partial charge >= 0.3 is 24.1 Å². The molecule has 0 amide bonds. The number of halogens is 3. The van der Waals surface area contributed by atoms with Crippen LogP contribution >= 0.6 is 0 Å². The van der Waals surface area contributed by atoms with E-state index in [4.69, 9.17) is 9.47 Å². The van der Waals surface area contributed by atoms with Gasteiger partial charge in [-0.3, -0.25) is 0 Å². The van der Waals surface area contributed by atoms with E-state index in [0.29, 0.717) is 12.8 Å². The smallest absolute Gasteiger partial charge is 0.416 e. The number of hydrogen-bond donors (Lipinski definition) is 0. The molecule has 160 valence electrons. The normalized spacial score (nSPS) is 17.4. The first-order valence-electron chi connectivity index (χ1n) is 9.05. The Kier molecular flexibility index (Phi) is 6.76. The number of alkyl halides is 3. The number of anilines is 1. The zero-order chi connectivity index (χ0) is 21.8. The number of carbonyl (C=O) groups is 3. The summed E-state index contributed by atoms with van der Waals surface area (Å²) in [5, 5.41) is 0. The molecule has 1 aliphatic heterocycles. The van der Waals surface area contributed by atoms with Crippen LogP contribution in [0, 0.1) is 0 Å². The molecule has 0 aliphatic carbocycles. The summed E-state index contributed by atoms with van der Waals surface area (Å²) < 4.78 is 54.2. The summed E-state index contributed by atoms with van der Waals surface area (Å²) >= 11 is 0. The van der Waals surface area contributed by atoms with E-state index in [1.54, 1.807) is 13.8 Å². The maximum atomic E-state index is 13.1. The highest BCUT2D eigenvalue weighted by atomic mass is 19.4. The quantitative estimate of drug-likeness (QED) is 0.278. The molecule has 1 aromatic carbocycles. The highest BCUT2D eigenvalue weighted by Crippen LogP contribution is 2.49. The van der Waals surface area contributed by atoms with E-state index >= 15 is 0 Å². The van der Waals surface area contributed by atoms with Crippen molar-refractivity contribution in [3.05, 3.63) is 29.8 Å². The standard InChI is InChI=1S/C19H22F3NO6/c1-4-9-28-16(25)18(17(26)29-10-5-2)14(15(24)27-3)23(18)13-8-6-7-12(11-13)19(20,21)22/h6-8,11,14H,4-5,9-10H2,1-3H3. The van der Waals surface area contributed by atoms with Gasteiger partial charge in [0.15, 0.2) is 6.04 Å². The van der Waals surface area contributed by atoms with E-state index < -0.39 is 41.2 Å². The molecule has 1 atom stereocenters. The van der Waals surface area contributed by atoms with Gasteiger partial charge in [0.25, 0.3) is 5.54 Å². The maximum absolute atomic E-state index is 13.1. The van der Waals surface area contributed by atoms with E-state index in [1.807, 2.05) is 0 Å². The van der Waals surface area contributed by atoms with Crippen LogP contribution in [-0.2, 0) is 34.8 Å². The topological polar surface area (TPSA) is 81.9 Å². The largest absolute Gasteiger partial charge is 0.467 e. The fraction of sp³-hybridized carbons (Fsp3) is 0.526. The molecule has 1 fully saturated rings. The lowest BCUT2D eigenvalue weighted by Gasteiger charge is -2.17. The molecule has 1 saturated heterocycles. The molecule has 29 heavy (non-hydrogen) atoms. The van der Waals surface area contributed by atoms with Gasteiger partial charge in [-0.15, -0.1) is 0 Å². The SMILES string of the molecule is CCCOC(=O)C1(C(=O)OCCC)C(C(=O)OC)N1c1cccc(C(F)(F)F)c1. The number of ether oxygens (including phenoxy) is 3. The van der Waals surface area contributed by atoms with Crippen molar-refractivity contribution in [1.29, 1.82) is 0 Å². The minimum absolute atomic E-state index is 0.0357. The highest BCUT2D eigenvalue weighted by molar-refractivity contribution is 6.21. The molecule has 0 aromatic heterocycles. The van der Waals surface area contributed by atoms with E-state index in [1.165, 1.54) is 6.07 Å². The molecule has 0 N–H and O–H groups in total. The average molecular weight is 417 g/mol. The summed E-state index contributed by atoms with van der Waals surface area (Å²) in [5.74, 6) is -3.12. The summed E-state index contributed by atoms with van der Waals surface area (Å²) in [6.07, 6.45) is -3.77. The Morgan fingerprint density at radius 1 is 1.07 bits per heavy atom. The van der Waals surface area contributed by atoms with Gasteiger partial charge < -0.3 is 19.1 Å². The number of benzene rings is 1. The van der Waals surface area contributed by atoms with Crippen molar-refractivity contribution in [2.75, 3.05) is 25.2 Å². The Bertz CT molecular complexity index is 759. The van der Waals surface area contributed by atoms with Gasteiger partial charge in [0.05, 0.1) is 25.9 Å². The van der Waals surface area contributed by atoms with Crippen LogP contribution < -0.4 is 4.90 Å². The van der Waals surface area contributed by atoms with Gasteiger partial charge in [0.2, 0.25) is 0 Å². The fourth-order valence-electron chi connectivity index (χ4n) is 2.98. The average Bonchev–Trinajstić information content (AvgIpc) is 3.40. The van der Waals surface area contributed by atoms with Gasteiger partial charge in [-0.1, -0.05) is 19.9 Å². The molecule has 1 heterocycles. The Morgan fingerprint density at radius 2 is 1.62 bits per heavy atom. The predicted octanol–water partition coefficient (Wildman–Crippen LogP) is 2.71. The lowest BCUT2D eigenvalue weighted by molar-refractivity contribution is -0.161. The third-order valence-corrected chi connectivity index (χ3v) is 4.34. The molecule has 0 radical (unpaired) electrons. The van der Waals surface area contributed by atoms with Gasteiger partial charge in [0.1, 0.15) is 0 Å². The first-order valence-corrected chi connectivity index (χ1v) is 9.05. The van der Waals surface area contributed by atoms with Crippen LogP contribution in [0.2, 0.25) is 0 Å². The number of rotatable bonds is 8. The fourth-order valence-corrected chi connectivity index (χ4v) is 2.98. The second-order valence-electron chi connectivity index (χ2n) is 6.38. The lowest BCUT2D eigenvalue weighted by atomic mass is 10.1. The van der Waals surface area contributed by atoms with Crippen LogP contribution in [0.5, 0.6) is 0 Å². The minimum atomic E-state index is -4.65. The van der Waals surface area contributed by atoms with Crippen LogP contribution in [-0.4, -0.2) is 49.8 Å². The molecular formula is C19H22F3NO6. The molecular weight excluding hydrogens is 395 g/mol. The van der Waals surface area contributed by atoms with Crippen molar-refractivity contribution in [2.45, 2.75) is 44.4 Å². The van der Waals surface area contributed by atoms with Crippen LogP contribution in [0.4, 0.5) is 18.9 Å². The van der Waals surface area contributed by atoms with Crippen LogP contribution in [0.25, 0.3) is 0 Å². The highest BCUT2D eigenvalue weighted by Gasteiger charge is 2.79. The van der Waals surface area contributed by atoms with Crippen molar-refractivity contribution < 1.29 is 41.8 Å².